The summed E-state index contributed by atoms with van der Waals surface area (Å²) in [6.07, 6.45) is 2.06. The van der Waals surface area contributed by atoms with Crippen molar-refractivity contribution in [1.29, 1.82) is 0 Å². The van der Waals surface area contributed by atoms with Crippen molar-refractivity contribution in [2.75, 3.05) is 5.43 Å². The second kappa shape index (κ2) is 12.4. The smallest absolute Gasteiger partial charge is 0.270 e. The van der Waals surface area contributed by atoms with Gasteiger partial charge in [-0.1, -0.05) is 82.6 Å². The third-order valence-electron chi connectivity index (χ3n) is 5.79. The minimum absolute atomic E-state index is 0.0516. The van der Waals surface area contributed by atoms with Gasteiger partial charge in [-0.05, 0) is 48.7 Å². The topological polar surface area (TPSA) is 90.6 Å². The fourth-order valence-corrected chi connectivity index (χ4v) is 5.04. The van der Waals surface area contributed by atoms with Gasteiger partial charge >= 0.3 is 0 Å². The Kier molecular flexibility index (Phi) is 8.51. The normalized spacial score (nSPS) is 14.7. The maximum Gasteiger partial charge on any atom is 0.270 e. The van der Waals surface area contributed by atoms with Crippen molar-refractivity contribution in [3.63, 3.8) is 0 Å². The van der Waals surface area contributed by atoms with E-state index in [0.29, 0.717) is 38.8 Å². The van der Waals surface area contributed by atoms with Crippen LogP contribution < -0.4 is 10.2 Å². The molecule has 1 aromatic heterocycles. The molecule has 0 bridgehead atoms. The average molecular weight is 580 g/mol. The molecule has 39 heavy (non-hydrogen) atoms. The summed E-state index contributed by atoms with van der Waals surface area (Å²) < 4.78 is 7.72. The fraction of sp³-hybridized carbons (Fsp3) is 0.143. The zero-order valence-corrected chi connectivity index (χ0v) is 23.1. The van der Waals surface area contributed by atoms with E-state index < -0.39 is 0 Å². The molecule has 1 aliphatic rings. The van der Waals surface area contributed by atoms with Crippen LogP contribution in [0.25, 0.3) is 0 Å². The summed E-state index contributed by atoms with van der Waals surface area (Å²) in [6.45, 7) is 1.95. The lowest BCUT2D eigenvalue weighted by Gasteiger charge is -2.14. The first-order valence-corrected chi connectivity index (χ1v) is 13.7. The number of amides is 1. The fourth-order valence-electron chi connectivity index (χ4n) is 3.91. The monoisotopic (exact) mass is 579 g/mol. The van der Waals surface area contributed by atoms with Crippen LogP contribution in [0.2, 0.25) is 10.0 Å². The standard InChI is InChI=1S/C28H23Cl2N5O3S/c1-2-14-39-28-32-31-26(35(28)33-27(36)18-8-4-3-5-9-18)17-37-24-11-7-6-10-21(24)23-16-25(38-34-23)20-13-12-19(29)15-22(20)30/h2-15,25H,16-17H2,1H3,(H,33,36). The number of benzene rings is 3. The van der Waals surface area contributed by atoms with Crippen molar-refractivity contribution in [2.45, 2.75) is 31.2 Å². The summed E-state index contributed by atoms with van der Waals surface area (Å²) in [4.78, 5) is 18.6. The van der Waals surface area contributed by atoms with Gasteiger partial charge in [-0.25, -0.2) is 4.68 Å². The van der Waals surface area contributed by atoms with Crippen molar-refractivity contribution < 1.29 is 14.4 Å². The third kappa shape index (κ3) is 6.27. The molecule has 0 spiro atoms. The molecule has 0 fully saturated rings. The minimum Gasteiger partial charge on any atom is -0.485 e. The Morgan fingerprint density at radius 2 is 1.92 bits per heavy atom. The Morgan fingerprint density at radius 3 is 2.72 bits per heavy atom. The van der Waals surface area contributed by atoms with E-state index in [0.717, 1.165) is 16.8 Å². The molecule has 2 heterocycles. The van der Waals surface area contributed by atoms with Crippen molar-refractivity contribution >= 4 is 46.6 Å². The molecule has 0 radical (unpaired) electrons. The number of allylic oxidation sites excluding steroid dienone is 1. The number of oxime groups is 1. The number of thioether (sulfide) groups is 1. The molecule has 198 valence electrons. The van der Waals surface area contributed by atoms with Crippen LogP contribution in [0.15, 0.2) is 94.6 Å². The first kappa shape index (κ1) is 26.8. The quantitative estimate of drug-likeness (QED) is 0.214. The highest BCUT2D eigenvalue weighted by Gasteiger charge is 2.27. The summed E-state index contributed by atoms with van der Waals surface area (Å²) in [7, 11) is 0. The Hall–Kier alpha value is -3.79. The molecule has 5 rings (SSSR count). The molecule has 1 aliphatic heterocycles. The number of carbonyl (C=O) groups is 1. The number of ether oxygens (including phenoxy) is 1. The first-order chi connectivity index (χ1) is 19.0. The van der Waals surface area contributed by atoms with Gasteiger partial charge in [0.25, 0.3) is 5.91 Å². The van der Waals surface area contributed by atoms with Gasteiger partial charge in [-0.15, -0.1) is 10.2 Å². The van der Waals surface area contributed by atoms with Crippen LogP contribution in [-0.4, -0.2) is 26.5 Å². The maximum absolute atomic E-state index is 12.9. The predicted octanol–water partition coefficient (Wildman–Crippen LogP) is 7.04. The lowest BCUT2D eigenvalue weighted by atomic mass is 9.99. The van der Waals surface area contributed by atoms with Crippen LogP contribution in [0.1, 0.15) is 46.8 Å². The lowest BCUT2D eigenvalue weighted by molar-refractivity contribution is 0.0858. The molecule has 1 atom stereocenters. The van der Waals surface area contributed by atoms with Crippen LogP contribution in [0.5, 0.6) is 5.75 Å². The van der Waals surface area contributed by atoms with E-state index in [2.05, 4.69) is 20.8 Å². The second-order valence-corrected chi connectivity index (χ2v) is 10.1. The van der Waals surface area contributed by atoms with Gasteiger partial charge in [0.05, 0.1) is 5.71 Å². The van der Waals surface area contributed by atoms with E-state index in [1.54, 1.807) is 36.4 Å². The molecule has 8 nitrogen and oxygen atoms in total. The van der Waals surface area contributed by atoms with Gasteiger partial charge in [0.2, 0.25) is 5.16 Å². The highest BCUT2D eigenvalue weighted by atomic mass is 35.5. The molecular formula is C28H23Cl2N5O3S. The van der Waals surface area contributed by atoms with E-state index >= 15 is 0 Å². The second-order valence-electron chi connectivity index (χ2n) is 8.42. The van der Waals surface area contributed by atoms with Gasteiger partial charge < -0.3 is 9.57 Å². The Bertz CT molecular complexity index is 1540. The van der Waals surface area contributed by atoms with Crippen LogP contribution in [-0.2, 0) is 11.4 Å². The summed E-state index contributed by atoms with van der Waals surface area (Å²) >= 11 is 13.8. The van der Waals surface area contributed by atoms with Gasteiger partial charge in [0.15, 0.2) is 11.9 Å². The van der Waals surface area contributed by atoms with Crippen LogP contribution >= 0.6 is 35.0 Å². The first-order valence-electron chi connectivity index (χ1n) is 12.0. The molecule has 3 aromatic carbocycles. The predicted molar refractivity (Wildman–Crippen MR) is 153 cm³/mol. The van der Waals surface area contributed by atoms with E-state index in [1.807, 2.05) is 54.8 Å². The lowest BCUT2D eigenvalue weighted by Crippen LogP contribution is -2.26. The largest absolute Gasteiger partial charge is 0.485 e. The van der Waals surface area contributed by atoms with E-state index in [1.165, 1.54) is 16.4 Å². The number of para-hydroxylation sites is 1. The summed E-state index contributed by atoms with van der Waals surface area (Å²) in [6, 6.07) is 21.8. The maximum atomic E-state index is 12.9. The molecule has 4 aromatic rings. The van der Waals surface area contributed by atoms with E-state index in [4.69, 9.17) is 32.8 Å². The molecule has 1 N–H and O–H groups in total. The number of carbonyl (C=O) groups excluding carboxylic acids is 1. The third-order valence-corrected chi connectivity index (χ3v) is 7.24. The van der Waals surface area contributed by atoms with Crippen molar-refractivity contribution in [3.8, 4) is 5.75 Å². The molecule has 0 saturated carbocycles. The number of hydrogen-bond acceptors (Lipinski definition) is 7. The number of rotatable bonds is 9. The molecule has 1 unspecified atom stereocenters. The van der Waals surface area contributed by atoms with Crippen LogP contribution in [0.4, 0.5) is 0 Å². The highest BCUT2D eigenvalue weighted by molar-refractivity contribution is 8.02. The SMILES string of the molecule is CC=CSc1nnc(COc2ccccc2C2=NOC(c3ccc(Cl)cc3Cl)C2)n1NC(=O)c1ccccc1. The average Bonchev–Trinajstić information content (AvgIpc) is 3.59. The number of aromatic nitrogens is 3. The summed E-state index contributed by atoms with van der Waals surface area (Å²) in [5.41, 5.74) is 5.71. The van der Waals surface area contributed by atoms with Crippen LogP contribution in [0.3, 0.4) is 0 Å². The highest BCUT2D eigenvalue weighted by Crippen LogP contribution is 2.36. The van der Waals surface area contributed by atoms with Gasteiger partial charge in [-0.2, -0.15) is 0 Å². The van der Waals surface area contributed by atoms with E-state index in [9.17, 15) is 4.79 Å². The molecule has 0 saturated heterocycles. The van der Waals surface area contributed by atoms with Crippen molar-refractivity contribution in [1.82, 2.24) is 14.9 Å². The van der Waals surface area contributed by atoms with E-state index in [-0.39, 0.29) is 18.6 Å². The van der Waals surface area contributed by atoms with Crippen molar-refractivity contribution in [2.24, 2.45) is 5.16 Å². The molecule has 0 aliphatic carbocycles. The minimum atomic E-state index is -0.333. The Balaban J connectivity index is 1.34. The van der Waals surface area contributed by atoms with Gasteiger partial charge in [0, 0.05) is 33.2 Å². The summed E-state index contributed by atoms with van der Waals surface area (Å²) in [5, 5.41) is 16.3. The van der Waals surface area contributed by atoms with Crippen molar-refractivity contribution in [3.05, 3.63) is 117 Å². The number of nitrogens with one attached hydrogen (secondary N) is 1. The number of hydrogen-bond donors (Lipinski definition) is 1. The van der Waals surface area contributed by atoms with Gasteiger partial charge in [0.1, 0.15) is 12.4 Å². The molecule has 11 heteroatoms. The zero-order valence-electron chi connectivity index (χ0n) is 20.8. The summed E-state index contributed by atoms with van der Waals surface area (Å²) in [5.74, 6) is 0.731. The Labute approximate surface area is 239 Å². The van der Waals surface area contributed by atoms with Gasteiger partial charge in [-0.3, -0.25) is 10.2 Å². The Morgan fingerprint density at radius 1 is 1.13 bits per heavy atom. The molecular weight excluding hydrogens is 557 g/mol. The number of halogens is 2. The molecule has 1 amide bonds. The van der Waals surface area contributed by atoms with Crippen LogP contribution in [0, 0.1) is 0 Å². The zero-order chi connectivity index (χ0) is 27.2. The number of nitrogens with zero attached hydrogens (tertiary/aromatic N) is 4.